The summed E-state index contributed by atoms with van der Waals surface area (Å²) in [5, 5.41) is 0. The zero-order valence-corrected chi connectivity index (χ0v) is 16.3. The quantitative estimate of drug-likeness (QED) is 0.564. The van der Waals surface area contributed by atoms with E-state index < -0.39 is 0 Å². The van der Waals surface area contributed by atoms with Gasteiger partial charge in [-0.3, -0.25) is 9.59 Å². The van der Waals surface area contributed by atoms with Gasteiger partial charge in [-0.15, -0.1) is 0 Å². The molecule has 1 aromatic heterocycles. The molecule has 5 heteroatoms. The lowest BCUT2D eigenvalue weighted by atomic mass is 10.1. The lowest BCUT2D eigenvalue weighted by Crippen LogP contribution is -2.30. The van der Waals surface area contributed by atoms with E-state index in [4.69, 9.17) is 9.15 Å². The van der Waals surface area contributed by atoms with E-state index >= 15 is 0 Å². The van der Waals surface area contributed by atoms with Crippen molar-refractivity contribution in [1.82, 2.24) is 4.90 Å². The van der Waals surface area contributed by atoms with Crippen LogP contribution in [0.15, 0.2) is 65.1 Å². The van der Waals surface area contributed by atoms with Crippen molar-refractivity contribution in [3.63, 3.8) is 0 Å². The SMILES string of the molecule is CC(=O)c1ccc(-c2ccc(C(=O)N(C)CCOc3ccccc3C)o2)cc1. The summed E-state index contributed by atoms with van der Waals surface area (Å²) < 4.78 is 11.5. The third kappa shape index (κ3) is 4.49. The van der Waals surface area contributed by atoms with Crippen LogP contribution in [0.25, 0.3) is 11.3 Å². The summed E-state index contributed by atoms with van der Waals surface area (Å²) >= 11 is 0. The molecule has 0 unspecified atom stereocenters. The predicted molar refractivity (Wildman–Crippen MR) is 108 cm³/mol. The van der Waals surface area contributed by atoms with E-state index in [0.717, 1.165) is 16.9 Å². The van der Waals surface area contributed by atoms with E-state index in [-0.39, 0.29) is 17.5 Å². The molecule has 2 aromatic carbocycles. The van der Waals surface area contributed by atoms with Crippen LogP contribution in [0.2, 0.25) is 0 Å². The Hall–Kier alpha value is -3.34. The molecule has 0 aliphatic heterocycles. The lowest BCUT2D eigenvalue weighted by molar-refractivity contribution is 0.0743. The summed E-state index contributed by atoms with van der Waals surface area (Å²) in [6.07, 6.45) is 0. The molecular formula is C23H23NO4. The van der Waals surface area contributed by atoms with Gasteiger partial charge in [0.25, 0.3) is 5.91 Å². The highest BCUT2D eigenvalue weighted by Crippen LogP contribution is 2.23. The minimum atomic E-state index is -0.208. The van der Waals surface area contributed by atoms with E-state index in [9.17, 15) is 9.59 Å². The number of carbonyl (C=O) groups excluding carboxylic acids is 2. The third-order valence-electron chi connectivity index (χ3n) is 4.52. The van der Waals surface area contributed by atoms with Gasteiger partial charge in [-0.05, 0) is 37.6 Å². The zero-order chi connectivity index (χ0) is 20.1. The van der Waals surface area contributed by atoms with Crippen molar-refractivity contribution in [1.29, 1.82) is 0 Å². The normalized spacial score (nSPS) is 10.5. The second kappa shape index (κ2) is 8.57. The van der Waals surface area contributed by atoms with Crippen LogP contribution in [0.4, 0.5) is 0 Å². The number of rotatable bonds is 7. The summed E-state index contributed by atoms with van der Waals surface area (Å²) in [5.74, 6) is 1.47. The average Bonchev–Trinajstić information content (AvgIpc) is 3.19. The average molecular weight is 377 g/mol. The molecule has 144 valence electrons. The molecule has 0 bridgehead atoms. The van der Waals surface area contributed by atoms with E-state index in [0.29, 0.717) is 24.5 Å². The molecule has 28 heavy (non-hydrogen) atoms. The zero-order valence-electron chi connectivity index (χ0n) is 16.3. The fourth-order valence-corrected chi connectivity index (χ4v) is 2.78. The molecule has 0 saturated carbocycles. The van der Waals surface area contributed by atoms with Gasteiger partial charge in [-0.2, -0.15) is 0 Å². The monoisotopic (exact) mass is 377 g/mol. The van der Waals surface area contributed by atoms with Crippen molar-refractivity contribution >= 4 is 11.7 Å². The molecule has 0 saturated heterocycles. The highest BCUT2D eigenvalue weighted by atomic mass is 16.5. The van der Waals surface area contributed by atoms with Gasteiger partial charge in [0.05, 0.1) is 6.54 Å². The fraction of sp³-hybridized carbons (Fsp3) is 0.217. The first kappa shape index (κ1) is 19.4. The molecule has 0 fully saturated rings. The van der Waals surface area contributed by atoms with Crippen molar-refractivity contribution in [2.45, 2.75) is 13.8 Å². The summed E-state index contributed by atoms with van der Waals surface area (Å²) in [4.78, 5) is 25.5. The predicted octanol–water partition coefficient (Wildman–Crippen LogP) is 4.61. The summed E-state index contributed by atoms with van der Waals surface area (Å²) in [5.41, 5.74) is 2.51. The summed E-state index contributed by atoms with van der Waals surface area (Å²) in [6.45, 7) is 4.35. The number of nitrogens with zero attached hydrogens (tertiary/aromatic N) is 1. The topological polar surface area (TPSA) is 59.8 Å². The molecule has 1 amide bonds. The van der Waals surface area contributed by atoms with Crippen LogP contribution in [0.1, 0.15) is 33.4 Å². The minimum Gasteiger partial charge on any atom is -0.491 e. The highest BCUT2D eigenvalue weighted by Gasteiger charge is 2.17. The number of furan rings is 1. The largest absolute Gasteiger partial charge is 0.491 e. The number of ketones is 1. The Bertz CT molecular complexity index is 972. The maximum absolute atomic E-state index is 12.6. The number of carbonyl (C=O) groups is 2. The molecule has 0 atom stereocenters. The maximum atomic E-state index is 12.6. The van der Waals surface area contributed by atoms with Crippen LogP contribution in [-0.4, -0.2) is 36.8 Å². The van der Waals surface area contributed by atoms with E-state index in [1.54, 1.807) is 36.2 Å². The van der Waals surface area contributed by atoms with Gasteiger partial charge in [0.1, 0.15) is 18.1 Å². The summed E-state index contributed by atoms with van der Waals surface area (Å²) in [7, 11) is 1.72. The molecule has 0 aliphatic carbocycles. The first-order valence-corrected chi connectivity index (χ1v) is 9.11. The Morgan fingerprint density at radius 3 is 2.39 bits per heavy atom. The van der Waals surface area contributed by atoms with Crippen molar-refractivity contribution in [3.05, 3.63) is 77.6 Å². The molecule has 0 radical (unpaired) electrons. The van der Waals surface area contributed by atoms with Gasteiger partial charge in [-0.1, -0.05) is 42.5 Å². The van der Waals surface area contributed by atoms with Crippen LogP contribution >= 0.6 is 0 Å². The number of aryl methyl sites for hydroxylation is 1. The number of ether oxygens (including phenoxy) is 1. The summed E-state index contributed by atoms with van der Waals surface area (Å²) in [6, 6.07) is 18.3. The molecule has 0 aliphatic rings. The highest BCUT2D eigenvalue weighted by molar-refractivity contribution is 5.94. The second-order valence-electron chi connectivity index (χ2n) is 6.64. The van der Waals surface area contributed by atoms with E-state index in [1.165, 1.54) is 6.92 Å². The van der Waals surface area contributed by atoms with E-state index in [1.807, 2.05) is 43.3 Å². The van der Waals surface area contributed by atoms with Gasteiger partial charge in [-0.25, -0.2) is 0 Å². The van der Waals surface area contributed by atoms with Gasteiger partial charge < -0.3 is 14.1 Å². The molecule has 3 aromatic rings. The number of hydrogen-bond donors (Lipinski definition) is 0. The molecular weight excluding hydrogens is 354 g/mol. The van der Waals surface area contributed by atoms with Gasteiger partial charge in [0, 0.05) is 18.2 Å². The van der Waals surface area contributed by atoms with Crippen molar-refractivity contribution in [2.75, 3.05) is 20.2 Å². The number of benzene rings is 2. The Labute approximate surface area is 164 Å². The number of likely N-dealkylation sites (N-methyl/N-ethyl adjacent to an activating group) is 1. The van der Waals surface area contributed by atoms with Crippen molar-refractivity contribution < 1.29 is 18.7 Å². The van der Waals surface area contributed by atoms with Gasteiger partial charge >= 0.3 is 0 Å². The van der Waals surface area contributed by atoms with E-state index in [2.05, 4.69) is 0 Å². The van der Waals surface area contributed by atoms with Gasteiger partial charge in [0.2, 0.25) is 0 Å². The molecule has 0 N–H and O–H groups in total. The molecule has 5 nitrogen and oxygen atoms in total. The maximum Gasteiger partial charge on any atom is 0.289 e. The number of hydrogen-bond acceptors (Lipinski definition) is 4. The lowest BCUT2D eigenvalue weighted by Gasteiger charge is -2.16. The van der Waals surface area contributed by atoms with Crippen LogP contribution in [-0.2, 0) is 0 Å². The Morgan fingerprint density at radius 2 is 1.71 bits per heavy atom. The Kier molecular flexibility index (Phi) is 5.94. The Morgan fingerprint density at radius 1 is 1.00 bits per heavy atom. The Balaban J connectivity index is 1.60. The third-order valence-corrected chi connectivity index (χ3v) is 4.52. The molecule has 3 rings (SSSR count). The number of para-hydroxylation sites is 1. The fourth-order valence-electron chi connectivity index (χ4n) is 2.78. The molecule has 0 spiro atoms. The van der Waals surface area contributed by atoms with Gasteiger partial charge in [0.15, 0.2) is 11.5 Å². The number of Topliss-reactive ketones (excluding diaryl/α,β-unsaturated/α-hetero) is 1. The van der Waals surface area contributed by atoms with Crippen LogP contribution in [0, 0.1) is 6.92 Å². The first-order valence-electron chi connectivity index (χ1n) is 9.11. The second-order valence-corrected chi connectivity index (χ2v) is 6.64. The number of amides is 1. The molecule has 1 heterocycles. The minimum absolute atomic E-state index is 0.0106. The standard InChI is InChI=1S/C23H23NO4/c1-16-6-4-5-7-20(16)27-15-14-24(3)23(26)22-13-12-21(28-22)19-10-8-18(9-11-19)17(2)25/h4-13H,14-15H2,1-3H3. The van der Waals surface area contributed by atoms with Crippen molar-refractivity contribution in [2.24, 2.45) is 0 Å². The van der Waals surface area contributed by atoms with Crippen LogP contribution < -0.4 is 4.74 Å². The van der Waals surface area contributed by atoms with Crippen LogP contribution in [0.3, 0.4) is 0 Å². The first-order chi connectivity index (χ1) is 13.5. The van der Waals surface area contributed by atoms with Crippen LogP contribution in [0.5, 0.6) is 5.75 Å². The smallest absolute Gasteiger partial charge is 0.289 e. The van der Waals surface area contributed by atoms with Crippen molar-refractivity contribution in [3.8, 4) is 17.1 Å².